The quantitative estimate of drug-likeness (QED) is 0.878. The Morgan fingerprint density at radius 3 is 2.71 bits per heavy atom. The number of ether oxygens (including phenoxy) is 1. The highest BCUT2D eigenvalue weighted by molar-refractivity contribution is 9.10. The molecule has 0 saturated heterocycles. The van der Waals surface area contributed by atoms with E-state index in [1.54, 1.807) is 0 Å². The van der Waals surface area contributed by atoms with Crippen LogP contribution >= 0.6 is 15.9 Å². The minimum Gasteiger partial charge on any atom is -0.496 e. The highest BCUT2D eigenvalue weighted by atomic mass is 79.9. The third kappa shape index (κ3) is 1.70. The minimum absolute atomic E-state index is 0.0356. The van der Waals surface area contributed by atoms with Gasteiger partial charge in [-0.1, -0.05) is 0 Å². The van der Waals surface area contributed by atoms with Crippen LogP contribution in [-0.4, -0.2) is 18.2 Å². The lowest BCUT2D eigenvalue weighted by molar-refractivity contribution is 0.0692. The summed E-state index contributed by atoms with van der Waals surface area (Å²) in [4.78, 5) is 10.9. The van der Waals surface area contributed by atoms with E-state index in [4.69, 9.17) is 15.1 Å². The Labute approximate surface area is 88.9 Å². The molecule has 5 heteroatoms. The molecule has 4 nitrogen and oxygen atoms in total. The molecule has 1 rings (SSSR count). The number of nitrogens with zero attached hydrogens (tertiary/aromatic N) is 1. The lowest BCUT2D eigenvalue weighted by Gasteiger charge is -2.07. The molecule has 0 heterocycles. The molecule has 0 atom stereocenters. The van der Waals surface area contributed by atoms with Gasteiger partial charge in [-0.3, -0.25) is 0 Å². The van der Waals surface area contributed by atoms with E-state index in [-0.39, 0.29) is 21.3 Å². The zero-order chi connectivity index (χ0) is 10.7. The Kier molecular flexibility index (Phi) is 3.10. The Hall–Kier alpha value is -1.54. The number of carbonyl (C=O) groups is 1. The number of aromatic carboxylic acids is 1. The molecule has 0 saturated carbocycles. The maximum atomic E-state index is 10.9. The molecule has 0 amide bonds. The second-order valence-electron chi connectivity index (χ2n) is 2.42. The number of nitriles is 1. The van der Waals surface area contributed by atoms with Crippen molar-refractivity contribution >= 4 is 21.9 Å². The van der Waals surface area contributed by atoms with Crippen LogP contribution in [0.15, 0.2) is 16.6 Å². The van der Waals surface area contributed by atoms with Crippen molar-refractivity contribution in [1.29, 1.82) is 5.26 Å². The highest BCUT2D eigenvalue weighted by Crippen LogP contribution is 2.29. The summed E-state index contributed by atoms with van der Waals surface area (Å²) in [6.07, 6.45) is 0. The van der Waals surface area contributed by atoms with Gasteiger partial charge in [-0.05, 0) is 28.1 Å². The number of methoxy groups -OCH3 is 1. The molecule has 14 heavy (non-hydrogen) atoms. The molecular formula is C9H6BrNO3. The number of hydrogen-bond acceptors (Lipinski definition) is 3. The Balaban J connectivity index is 3.49. The van der Waals surface area contributed by atoms with Gasteiger partial charge in [0.1, 0.15) is 17.4 Å². The van der Waals surface area contributed by atoms with Gasteiger partial charge in [-0.25, -0.2) is 4.79 Å². The molecule has 0 unspecified atom stereocenters. The van der Waals surface area contributed by atoms with Crippen LogP contribution in [0.3, 0.4) is 0 Å². The molecule has 0 aliphatic heterocycles. The fourth-order valence-corrected chi connectivity index (χ4v) is 1.60. The molecule has 0 aromatic heterocycles. The first-order valence-electron chi connectivity index (χ1n) is 3.61. The van der Waals surface area contributed by atoms with Gasteiger partial charge in [0, 0.05) is 0 Å². The third-order valence-corrected chi connectivity index (χ3v) is 2.48. The molecule has 0 spiro atoms. The average molecular weight is 256 g/mol. The van der Waals surface area contributed by atoms with Gasteiger partial charge in [0.15, 0.2) is 0 Å². The Bertz CT molecular complexity index is 423. The summed E-state index contributed by atoms with van der Waals surface area (Å²) < 4.78 is 5.11. The summed E-state index contributed by atoms with van der Waals surface area (Å²) in [5.74, 6) is -0.908. The van der Waals surface area contributed by atoms with E-state index < -0.39 is 5.97 Å². The van der Waals surface area contributed by atoms with Gasteiger partial charge in [0.25, 0.3) is 0 Å². The summed E-state index contributed by atoms with van der Waals surface area (Å²) in [5.41, 5.74) is 0.231. The fourth-order valence-electron chi connectivity index (χ4n) is 1.01. The van der Waals surface area contributed by atoms with E-state index in [1.165, 1.54) is 19.2 Å². The largest absolute Gasteiger partial charge is 0.496 e. The van der Waals surface area contributed by atoms with Crippen LogP contribution in [0.4, 0.5) is 0 Å². The van der Waals surface area contributed by atoms with Crippen LogP contribution in [0, 0.1) is 11.3 Å². The fraction of sp³-hybridized carbons (Fsp3) is 0.111. The number of benzene rings is 1. The van der Waals surface area contributed by atoms with Crippen LogP contribution in [0.1, 0.15) is 15.9 Å². The standard InChI is InChI=1S/C9H6BrNO3/c1-14-6-3-2-5(4-11)8(10)7(6)9(12)13/h2-3H,1H3,(H,12,13). The lowest BCUT2D eigenvalue weighted by atomic mass is 10.1. The van der Waals surface area contributed by atoms with E-state index >= 15 is 0 Å². The number of halogens is 1. The molecule has 0 aliphatic carbocycles. The molecule has 1 aromatic carbocycles. The average Bonchev–Trinajstić information content (AvgIpc) is 2.16. The second-order valence-corrected chi connectivity index (χ2v) is 3.21. The van der Waals surface area contributed by atoms with E-state index in [0.717, 1.165) is 0 Å². The van der Waals surface area contributed by atoms with E-state index in [1.807, 2.05) is 6.07 Å². The van der Waals surface area contributed by atoms with Gasteiger partial charge in [0.2, 0.25) is 0 Å². The first-order valence-corrected chi connectivity index (χ1v) is 4.41. The first-order chi connectivity index (χ1) is 6.61. The molecule has 0 fully saturated rings. The zero-order valence-electron chi connectivity index (χ0n) is 7.24. The molecular weight excluding hydrogens is 250 g/mol. The van der Waals surface area contributed by atoms with E-state index in [9.17, 15) is 4.79 Å². The smallest absolute Gasteiger partial charge is 0.340 e. The Morgan fingerprint density at radius 1 is 1.64 bits per heavy atom. The molecule has 1 aromatic rings. The van der Waals surface area contributed by atoms with Gasteiger partial charge >= 0.3 is 5.97 Å². The van der Waals surface area contributed by atoms with Crippen molar-refractivity contribution in [3.05, 3.63) is 27.7 Å². The van der Waals surface area contributed by atoms with Crippen molar-refractivity contribution in [2.24, 2.45) is 0 Å². The van der Waals surface area contributed by atoms with Gasteiger partial charge in [-0.15, -0.1) is 0 Å². The second kappa shape index (κ2) is 4.11. The normalized spacial score (nSPS) is 9.21. The predicted octanol–water partition coefficient (Wildman–Crippen LogP) is 2.03. The number of rotatable bonds is 2. The zero-order valence-corrected chi connectivity index (χ0v) is 8.83. The maximum Gasteiger partial charge on any atom is 0.340 e. The molecule has 0 bridgehead atoms. The van der Waals surface area contributed by atoms with Crippen LogP contribution in [0.25, 0.3) is 0 Å². The number of carboxylic acid groups (broad SMARTS) is 1. The third-order valence-electron chi connectivity index (χ3n) is 1.66. The summed E-state index contributed by atoms with van der Waals surface area (Å²) >= 11 is 3.05. The SMILES string of the molecule is COc1ccc(C#N)c(Br)c1C(=O)O. The summed E-state index contributed by atoms with van der Waals surface area (Å²) in [7, 11) is 1.38. The number of hydrogen-bond donors (Lipinski definition) is 1. The Morgan fingerprint density at radius 2 is 2.29 bits per heavy atom. The summed E-state index contributed by atoms with van der Waals surface area (Å²) in [6.45, 7) is 0. The van der Waals surface area contributed by atoms with Crippen LogP contribution in [-0.2, 0) is 0 Å². The van der Waals surface area contributed by atoms with Crippen LogP contribution < -0.4 is 4.74 Å². The predicted molar refractivity (Wildman–Crippen MR) is 52.4 cm³/mol. The molecule has 0 radical (unpaired) electrons. The van der Waals surface area contributed by atoms with Crippen molar-refractivity contribution < 1.29 is 14.6 Å². The van der Waals surface area contributed by atoms with Crippen molar-refractivity contribution in [3.8, 4) is 11.8 Å². The molecule has 1 N–H and O–H groups in total. The first kappa shape index (κ1) is 10.5. The maximum absolute atomic E-state index is 10.9. The van der Waals surface area contributed by atoms with Crippen molar-refractivity contribution in [1.82, 2.24) is 0 Å². The lowest BCUT2D eigenvalue weighted by Crippen LogP contribution is -2.02. The van der Waals surface area contributed by atoms with Crippen LogP contribution in [0.2, 0.25) is 0 Å². The highest BCUT2D eigenvalue weighted by Gasteiger charge is 2.17. The minimum atomic E-state index is -1.13. The van der Waals surface area contributed by atoms with E-state index in [2.05, 4.69) is 15.9 Å². The molecule has 0 aliphatic rings. The van der Waals surface area contributed by atoms with Gasteiger partial charge < -0.3 is 9.84 Å². The summed E-state index contributed by atoms with van der Waals surface area (Å²) in [6, 6.07) is 4.82. The van der Waals surface area contributed by atoms with Crippen molar-refractivity contribution in [2.75, 3.05) is 7.11 Å². The van der Waals surface area contributed by atoms with Crippen LogP contribution in [0.5, 0.6) is 5.75 Å². The van der Waals surface area contributed by atoms with E-state index in [0.29, 0.717) is 0 Å². The van der Waals surface area contributed by atoms with Crippen molar-refractivity contribution in [3.63, 3.8) is 0 Å². The molecule has 72 valence electrons. The number of carboxylic acids is 1. The van der Waals surface area contributed by atoms with Gasteiger partial charge in [0.05, 0.1) is 17.1 Å². The summed E-state index contributed by atoms with van der Waals surface area (Å²) in [5, 5.41) is 17.6. The monoisotopic (exact) mass is 255 g/mol. The topological polar surface area (TPSA) is 70.3 Å². The van der Waals surface area contributed by atoms with Crippen molar-refractivity contribution in [2.45, 2.75) is 0 Å². The van der Waals surface area contributed by atoms with Gasteiger partial charge in [-0.2, -0.15) is 5.26 Å².